The van der Waals surface area contributed by atoms with Crippen LogP contribution in [0.15, 0.2) is 56.5 Å². The first-order chi connectivity index (χ1) is 14.4. The Bertz CT molecular complexity index is 1350. The maximum atomic E-state index is 12.9. The number of carbonyl (C=O) groups excluding carboxylic acids is 1. The lowest BCUT2D eigenvalue weighted by atomic mass is 10.2. The highest BCUT2D eigenvalue weighted by atomic mass is 35.5. The second-order valence-electron chi connectivity index (χ2n) is 6.67. The number of nitrogens with zero attached hydrogens (tertiary/aromatic N) is 4. The van der Waals surface area contributed by atoms with Gasteiger partial charge >= 0.3 is 5.69 Å². The number of aryl methyl sites for hydroxylation is 1. The van der Waals surface area contributed by atoms with E-state index in [1.807, 2.05) is 23.6 Å². The van der Waals surface area contributed by atoms with E-state index in [4.69, 9.17) is 11.6 Å². The minimum atomic E-state index is -0.449. The molecule has 0 unspecified atom stereocenters. The Morgan fingerprint density at radius 2 is 1.87 bits per heavy atom. The fraction of sp³-hybridized carbons (Fsp3) is 0.200. The highest BCUT2D eigenvalue weighted by Crippen LogP contribution is 2.25. The number of hydrogen-bond donors (Lipinski definition) is 0. The minimum absolute atomic E-state index is 0.0121. The summed E-state index contributed by atoms with van der Waals surface area (Å²) in [4.78, 5) is 42.9. The number of aromatic nitrogens is 4. The van der Waals surface area contributed by atoms with E-state index in [1.165, 1.54) is 34.7 Å². The largest absolute Gasteiger partial charge is 0.332 e. The number of halogens is 1. The van der Waals surface area contributed by atoms with Gasteiger partial charge < -0.3 is 4.57 Å². The molecule has 0 saturated carbocycles. The van der Waals surface area contributed by atoms with E-state index < -0.39 is 11.2 Å². The molecule has 0 atom stereocenters. The first-order valence-electron chi connectivity index (χ1n) is 8.97. The molecule has 0 aliphatic heterocycles. The summed E-state index contributed by atoms with van der Waals surface area (Å²) in [6.07, 6.45) is 0. The molecule has 0 saturated heterocycles. The Hall–Kier alpha value is -2.62. The van der Waals surface area contributed by atoms with Crippen molar-refractivity contribution in [2.75, 3.05) is 5.75 Å². The molecule has 0 aliphatic carbocycles. The van der Waals surface area contributed by atoms with Gasteiger partial charge in [0.1, 0.15) is 0 Å². The number of fused-ring (bicyclic) bond motifs is 1. The van der Waals surface area contributed by atoms with E-state index in [2.05, 4.69) is 4.98 Å². The van der Waals surface area contributed by atoms with Crippen LogP contribution in [0.2, 0.25) is 5.02 Å². The molecule has 0 N–H and O–H groups in total. The molecule has 3 heterocycles. The summed E-state index contributed by atoms with van der Waals surface area (Å²) in [5.74, 6) is 0.167. The monoisotopic (exact) mass is 460 g/mol. The zero-order valence-electron chi connectivity index (χ0n) is 16.2. The number of carbonyl (C=O) groups is 1. The van der Waals surface area contributed by atoms with Crippen molar-refractivity contribution in [2.45, 2.75) is 11.7 Å². The van der Waals surface area contributed by atoms with Crippen molar-refractivity contribution < 1.29 is 4.79 Å². The van der Waals surface area contributed by atoms with E-state index in [9.17, 15) is 14.4 Å². The lowest BCUT2D eigenvalue weighted by Crippen LogP contribution is -2.37. The highest BCUT2D eigenvalue weighted by Gasteiger charge is 2.20. The van der Waals surface area contributed by atoms with Crippen molar-refractivity contribution in [3.8, 4) is 0 Å². The van der Waals surface area contributed by atoms with Crippen molar-refractivity contribution in [3.63, 3.8) is 0 Å². The third-order valence-corrected chi connectivity index (χ3v) is 6.83. The van der Waals surface area contributed by atoms with E-state index in [-0.39, 0.29) is 11.5 Å². The van der Waals surface area contributed by atoms with Crippen LogP contribution >= 0.6 is 34.7 Å². The molecule has 7 nitrogen and oxygen atoms in total. The summed E-state index contributed by atoms with van der Waals surface area (Å²) in [6.45, 7) is 0.358. The van der Waals surface area contributed by atoms with Gasteiger partial charge in [0.15, 0.2) is 22.1 Å². The molecule has 0 spiro atoms. The lowest BCUT2D eigenvalue weighted by molar-refractivity contribution is 0.102. The van der Waals surface area contributed by atoms with Gasteiger partial charge in [0.25, 0.3) is 5.56 Å². The zero-order valence-corrected chi connectivity index (χ0v) is 18.6. The van der Waals surface area contributed by atoms with Gasteiger partial charge in [-0.05, 0) is 29.1 Å². The third kappa shape index (κ3) is 3.76. The fourth-order valence-corrected chi connectivity index (χ4v) is 4.85. The number of rotatable bonds is 6. The van der Waals surface area contributed by atoms with Gasteiger partial charge in [0.2, 0.25) is 0 Å². The number of thioether (sulfide) groups is 1. The summed E-state index contributed by atoms with van der Waals surface area (Å²) < 4.78 is 4.17. The second-order valence-corrected chi connectivity index (χ2v) is 9.00. The predicted octanol–water partition coefficient (Wildman–Crippen LogP) is 3.17. The number of Topliss-reactive ketones (excluding diaryl/α,β-unsaturated/α-hetero) is 1. The molecule has 1 aromatic carbocycles. The van der Waals surface area contributed by atoms with Crippen LogP contribution in [0.3, 0.4) is 0 Å². The standard InChI is InChI=1S/C20H17ClN4O3S2/c1-23-17-16(18(27)24(2)20(23)28)25(10-12-5-7-13(21)8-6-12)19(22-17)30-11-14(26)15-4-3-9-29-15/h3-9H,10-11H2,1-2H3. The zero-order chi connectivity index (χ0) is 21.4. The maximum absolute atomic E-state index is 12.9. The number of hydrogen-bond acceptors (Lipinski definition) is 6. The van der Waals surface area contributed by atoms with Gasteiger partial charge in [-0.25, -0.2) is 9.78 Å². The van der Waals surface area contributed by atoms with Crippen LogP contribution in [0.5, 0.6) is 0 Å². The Morgan fingerprint density at radius 1 is 1.13 bits per heavy atom. The predicted molar refractivity (Wildman–Crippen MR) is 120 cm³/mol. The Morgan fingerprint density at radius 3 is 2.53 bits per heavy atom. The topological polar surface area (TPSA) is 78.9 Å². The van der Waals surface area contributed by atoms with Gasteiger partial charge in [0, 0.05) is 19.1 Å². The van der Waals surface area contributed by atoms with Gasteiger partial charge in [-0.2, -0.15) is 0 Å². The molecule has 0 bridgehead atoms. The van der Waals surface area contributed by atoms with E-state index >= 15 is 0 Å². The SMILES string of the molecule is Cn1c(=O)c2c(nc(SCC(=O)c3cccs3)n2Cc2ccc(Cl)cc2)n(C)c1=O. The average Bonchev–Trinajstić information content (AvgIpc) is 3.39. The molecule has 0 fully saturated rings. The van der Waals surface area contributed by atoms with Gasteiger partial charge in [-0.3, -0.25) is 18.7 Å². The molecule has 30 heavy (non-hydrogen) atoms. The fourth-order valence-electron chi connectivity index (χ4n) is 3.09. The summed E-state index contributed by atoms with van der Waals surface area (Å²) in [5.41, 5.74) is 0.658. The molecule has 4 aromatic rings. The summed E-state index contributed by atoms with van der Waals surface area (Å²) in [6, 6.07) is 10.9. The number of benzene rings is 1. The van der Waals surface area contributed by atoms with Crippen LogP contribution in [0, 0.1) is 0 Å². The molecular formula is C20H17ClN4O3S2. The quantitative estimate of drug-likeness (QED) is 0.326. The Labute approximate surface area is 184 Å². The highest BCUT2D eigenvalue weighted by molar-refractivity contribution is 7.99. The van der Waals surface area contributed by atoms with Crippen molar-refractivity contribution in [2.24, 2.45) is 14.1 Å². The van der Waals surface area contributed by atoms with Crippen molar-refractivity contribution in [1.29, 1.82) is 0 Å². The summed E-state index contributed by atoms with van der Waals surface area (Å²) in [5, 5.41) is 2.97. The van der Waals surface area contributed by atoms with Crippen LogP contribution < -0.4 is 11.2 Å². The number of thiophene rings is 1. The van der Waals surface area contributed by atoms with Gasteiger partial charge in [0.05, 0.1) is 17.2 Å². The van der Waals surface area contributed by atoms with Gasteiger partial charge in [-0.1, -0.05) is 41.6 Å². The summed E-state index contributed by atoms with van der Waals surface area (Å²) in [7, 11) is 3.02. The van der Waals surface area contributed by atoms with Crippen molar-refractivity contribution >= 4 is 51.6 Å². The van der Waals surface area contributed by atoms with Crippen LogP contribution in [-0.2, 0) is 20.6 Å². The van der Waals surface area contributed by atoms with Crippen molar-refractivity contribution in [1.82, 2.24) is 18.7 Å². The van der Waals surface area contributed by atoms with E-state index in [0.717, 1.165) is 10.1 Å². The first-order valence-corrected chi connectivity index (χ1v) is 11.2. The molecule has 10 heteroatoms. The molecular weight excluding hydrogens is 444 g/mol. The molecule has 4 rings (SSSR count). The van der Waals surface area contributed by atoms with Crippen molar-refractivity contribution in [3.05, 3.63) is 78.1 Å². The normalized spacial score (nSPS) is 11.3. The van der Waals surface area contributed by atoms with Gasteiger partial charge in [-0.15, -0.1) is 11.3 Å². The van der Waals surface area contributed by atoms with E-state index in [1.54, 1.807) is 29.8 Å². The minimum Gasteiger partial charge on any atom is -0.309 e. The lowest BCUT2D eigenvalue weighted by Gasteiger charge is -2.09. The molecule has 0 aliphatic rings. The molecule has 0 amide bonds. The summed E-state index contributed by atoms with van der Waals surface area (Å²) >= 11 is 8.62. The van der Waals surface area contributed by atoms with Crippen LogP contribution in [-0.4, -0.2) is 30.2 Å². The first kappa shape index (κ1) is 20.6. The number of ketones is 1. The van der Waals surface area contributed by atoms with Crippen LogP contribution in [0.4, 0.5) is 0 Å². The molecule has 154 valence electrons. The van der Waals surface area contributed by atoms with Crippen LogP contribution in [0.1, 0.15) is 15.2 Å². The van der Waals surface area contributed by atoms with Crippen LogP contribution in [0.25, 0.3) is 11.2 Å². The smallest absolute Gasteiger partial charge is 0.309 e. The third-order valence-electron chi connectivity index (χ3n) is 4.70. The number of imidazole rings is 1. The molecule has 0 radical (unpaired) electrons. The Balaban J connectivity index is 1.81. The van der Waals surface area contributed by atoms with E-state index in [0.29, 0.717) is 32.8 Å². The Kier molecular flexibility index (Phi) is 5.68. The second kappa shape index (κ2) is 8.25. The molecule has 3 aromatic heterocycles. The maximum Gasteiger partial charge on any atom is 0.332 e. The average molecular weight is 461 g/mol.